The number of carbonyl (C=O) groups is 1. The van der Waals surface area contributed by atoms with Gasteiger partial charge in [0.15, 0.2) is 0 Å². The maximum absolute atomic E-state index is 12.8. The van der Waals surface area contributed by atoms with Crippen LogP contribution < -0.4 is 10.1 Å². The van der Waals surface area contributed by atoms with Crippen LogP contribution in [-0.4, -0.2) is 15.7 Å². The van der Waals surface area contributed by atoms with Gasteiger partial charge in [-0.3, -0.25) is 9.48 Å². The predicted molar refractivity (Wildman–Crippen MR) is 132 cm³/mol. The molecule has 0 saturated heterocycles. The average molecular weight is 460 g/mol. The van der Waals surface area contributed by atoms with Crippen molar-refractivity contribution in [2.45, 2.75) is 32.9 Å². The van der Waals surface area contributed by atoms with Crippen molar-refractivity contribution in [3.8, 4) is 5.75 Å². The number of ether oxygens (including phenoxy) is 1. The molecule has 1 heterocycles. The van der Waals surface area contributed by atoms with Crippen LogP contribution in [0.2, 0.25) is 5.02 Å². The van der Waals surface area contributed by atoms with Crippen LogP contribution in [0.4, 0.5) is 5.69 Å². The van der Waals surface area contributed by atoms with E-state index in [1.807, 2.05) is 54.6 Å². The van der Waals surface area contributed by atoms with Crippen molar-refractivity contribution in [3.63, 3.8) is 0 Å². The van der Waals surface area contributed by atoms with Gasteiger partial charge in [-0.05, 0) is 52.9 Å². The minimum Gasteiger partial charge on any atom is -0.489 e. The third-order valence-corrected chi connectivity index (χ3v) is 5.69. The van der Waals surface area contributed by atoms with Crippen LogP contribution in [0.1, 0.15) is 46.8 Å². The normalized spacial score (nSPS) is 10.9. The van der Waals surface area contributed by atoms with E-state index >= 15 is 0 Å². The van der Waals surface area contributed by atoms with Crippen LogP contribution in [0.15, 0.2) is 85.2 Å². The van der Waals surface area contributed by atoms with E-state index in [1.165, 1.54) is 5.56 Å². The summed E-state index contributed by atoms with van der Waals surface area (Å²) in [5, 5.41) is 7.91. The lowest BCUT2D eigenvalue weighted by Gasteiger charge is -2.10. The number of hydrogen-bond donors (Lipinski definition) is 1. The molecule has 0 radical (unpaired) electrons. The van der Waals surface area contributed by atoms with Gasteiger partial charge in [0, 0.05) is 16.8 Å². The molecule has 4 rings (SSSR count). The molecule has 5 nitrogen and oxygen atoms in total. The number of hydrogen-bond acceptors (Lipinski definition) is 3. The van der Waals surface area contributed by atoms with Gasteiger partial charge >= 0.3 is 0 Å². The van der Waals surface area contributed by atoms with Crippen LogP contribution in [0.3, 0.4) is 0 Å². The number of anilines is 1. The molecule has 0 fully saturated rings. The zero-order valence-electron chi connectivity index (χ0n) is 18.7. The van der Waals surface area contributed by atoms with E-state index in [4.69, 9.17) is 16.3 Å². The lowest BCUT2D eigenvalue weighted by Crippen LogP contribution is -2.12. The summed E-state index contributed by atoms with van der Waals surface area (Å²) in [4.78, 5) is 12.8. The second kappa shape index (κ2) is 10.4. The summed E-state index contributed by atoms with van der Waals surface area (Å²) in [5.41, 5.74) is 4.34. The van der Waals surface area contributed by atoms with Gasteiger partial charge in [-0.25, -0.2) is 0 Å². The lowest BCUT2D eigenvalue weighted by molar-refractivity contribution is 0.102. The Bertz CT molecular complexity index is 1230. The quantitative estimate of drug-likeness (QED) is 0.325. The first-order valence-corrected chi connectivity index (χ1v) is 11.2. The van der Waals surface area contributed by atoms with Crippen molar-refractivity contribution in [2.75, 3.05) is 5.32 Å². The Hall–Kier alpha value is -3.57. The van der Waals surface area contributed by atoms with Crippen LogP contribution >= 0.6 is 11.6 Å². The van der Waals surface area contributed by atoms with Gasteiger partial charge in [-0.15, -0.1) is 0 Å². The van der Waals surface area contributed by atoms with Gasteiger partial charge < -0.3 is 10.1 Å². The first kappa shape index (κ1) is 22.6. The highest BCUT2D eigenvalue weighted by Crippen LogP contribution is 2.20. The first-order chi connectivity index (χ1) is 16.0. The monoisotopic (exact) mass is 459 g/mol. The molecule has 168 valence electrons. The second-order valence-electron chi connectivity index (χ2n) is 8.18. The summed E-state index contributed by atoms with van der Waals surface area (Å²) in [6.07, 6.45) is 3.41. The molecule has 0 atom stereocenters. The maximum Gasteiger partial charge on any atom is 0.255 e. The molecule has 0 aliphatic carbocycles. The Morgan fingerprint density at radius 1 is 1.06 bits per heavy atom. The summed E-state index contributed by atoms with van der Waals surface area (Å²) in [6, 6.07) is 23.2. The molecular weight excluding hydrogens is 434 g/mol. The Kier molecular flexibility index (Phi) is 7.10. The molecule has 33 heavy (non-hydrogen) atoms. The Morgan fingerprint density at radius 2 is 1.85 bits per heavy atom. The summed E-state index contributed by atoms with van der Waals surface area (Å²) in [5.74, 6) is 1.09. The molecule has 3 aromatic carbocycles. The van der Waals surface area contributed by atoms with Crippen LogP contribution in [-0.2, 0) is 13.2 Å². The molecule has 0 saturated carbocycles. The van der Waals surface area contributed by atoms with E-state index in [2.05, 4.69) is 36.4 Å². The topological polar surface area (TPSA) is 56.1 Å². The highest BCUT2D eigenvalue weighted by atomic mass is 35.5. The molecule has 0 aliphatic heterocycles. The van der Waals surface area contributed by atoms with E-state index in [0.29, 0.717) is 35.3 Å². The fraction of sp³-hybridized carbons (Fsp3) is 0.185. The number of aromatic nitrogens is 2. The number of carbonyl (C=O) groups excluding carboxylic acids is 1. The third kappa shape index (κ3) is 6.02. The van der Waals surface area contributed by atoms with Crippen LogP contribution in [0.5, 0.6) is 5.75 Å². The first-order valence-electron chi connectivity index (χ1n) is 10.9. The molecular formula is C27H26ClN3O2. The Labute approximate surface area is 199 Å². The highest BCUT2D eigenvalue weighted by Gasteiger charge is 2.10. The molecule has 0 spiro atoms. The molecule has 0 bridgehead atoms. The summed E-state index contributed by atoms with van der Waals surface area (Å²) in [7, 11) is 0. The van der Waals surface area contributed by atoms with Crippen LogP contribution in [0, 0.1) is 0 Å². The van der Waals surface area contributed by atoms with Gasteiger partial charge in [0.2, 0.25) is 0 Å². The second-order valence-corrected chi connectivity index (χ2v) is 8.59. The number of nitrogens with one attached hydrogen (secondary N) is 1. The van der Waals surface area contributed by atoms with Crippen molar-refractivity contribution in [2.24, 2.45) is 0 Å². The standard InChI is InChI=1S/C27H26ClN3O2/c1-19(2)21-10-12-25(13-11-21)33-18-20-6-5-8-22(14-20)27(32)30-24-15-29-31(17-24)16-23-7-3-4-9-26(23)28/h3-15,17,19H,16,18H2,1-2H3,(H,30,32). The fourth-order valence-corrected chi connectivity index (χ4v) is 3.63. The van der Waals surface area contributed by atoms with Crippen molar-refractivity contribution in [3.05, 3.63) is 112 Å². The van der Waals surface area contributed by atoms with E-state index in [0.717, 1.165) is 16.9 Å². The van der Waals surface area contributed by atoms with Crippen molar-refractivity contribution in [1.82, 2.24) is 9.78 Å². The maximum atomic E-state index is 12.8. The van der Waals surface area contributed by atoms with Gasteiger partial charge in [0.25, 0.3) is 5.91 Å². The van der Waals surface area contributed by atoms with Gasteiger partial charge in [-0.2, -0.15) is 5.10 Å². The molecule has 0 unspecified atom stereocenters. The predicted octanol–water partition coefficient (Wildman–Crippen LogP) is 6.54. The molecule has 1 N–H and O–H groups in total. The van der Waals surface area contributed by atoms with E-state index in [9.17, 15) is 4.79 Å². The molecule has 1 amide bonds. The minimum atomic E-state index is -0.199. The summed E-state index contributed by atoms with van der Waals surface area (Å²) >= 11 is 6.22. The SMILES string of the molecule is CC(C)c1ccc(OCc2cccc(C(=O)Nc3cnn(Cc4ccccc4Cl)c3)c2)cc1. The van der Waals surface area contributed by atoms with Gasteiger partial charge in [-0.1, -0.05) is 67.9 Å². The largest absolute Gasteiger partial charge is 0.489 e. The van der Waals surface area contributed by atoms with Gasteiger partial charge in [0.1, 0.15) is 12.4 Å². The lowest BCUT2D eigenvalue weighted by atomic mass is 10.0. The minimum absolute atomic E-state index is 0.199. The zero-order valence-corrected chi connectivity index (χ0v) is 19.4. The molecule has 1 aromatic heterocycles. The van der Waals surface area contributed by atoms with Crippen molar-refractivity contribution < 1.29 is 9.53 Å². The smallest absolute Gasteiger partial charge is 0.255 e. The number of rotatable bonds is 8. The number of nitrogens with zero attached hydrogens (tertiary/aromatic N) is 2. The third-order valence-electron chi connectivity index (χ3n) is 5.32. The summed E-state index contributed by atoms with van der Waals surface area (Å²) in [6.45, 7) is 5.24. The van der Waals surface area contributed by atoms with E-state index in [1.54, 1.807) is 23.1 Å². The fourth-order valence-electron chi connectivity index (χ4n) is 3.44. The van der Waals surface area contributed by atoms with Crippen molar-refractivity contribution >= 4 is 23.2 Å². The van der Waals surface area contributed by atoms with Crippen LogP contribution in [0.25, 0.3) is 0 Å². The molecule has 0 aliphatic rings. The van der Waals surface area contributed by atoms with Crippen molar-refractivity contribution in [1.29, 1.82) is 0 Å². The van der Waals surface area contributed by atoms with E-state index < -0.39 is 0 Å². The number of benzene rings is 3. The molecule has 6 heteroatoms. The van der Waals surface area contributed by atoms with Gasteiger partial charge in [0.05, 0.1) is 18.4 Å². The Morgan fingerprint density at radius 3 is 2.61 bits per heavy atom. The molecule has 4 aromatic rings. The zero-order chi connectivity index (χ0) is 23.2. The summed E-state index contributed by atoms with van der Waals surface area (Å²) < 4.78 is 7.64. The Balaban J connectivity index is 1.36. The number of halogens is 1. The highest BCUT2D eigenvalue weighted by molar-refractivity contribution is 6.31. The van der Waals surface area contributed by atoms with E-state index in [-0.39, 0.29) is 5.91 Å². The average Bonchev–Trinajstić information content (AvgIpc) is 3.26. The number of amides is 1.